The molecule has 1 heterocycles. The number of hydrogen-bond donors (Lipinski definition) is 0. The topological polar surface area (TPSA) is 6.48 Å². The van der Waals surface area contributed by atoms with E-state index in [9.17, 15) is 0 Å². The minimum atomic E-state index is 0.539. The first-order valence-electron chi connectivity index (χ1n) is 7.51. The van der Waals surface area contributed by atoms with E-state index in [-0.39, 0.29) is 0 Å². The van der Waals surface area contributed by atoms with Crippen LogP contribution in [0.2, 0.25) is 0 Å². The van der Waals surface area contributed by atoms with E-state index in [1.54, 1.807) is 0 Å². The van der Waals surface area contributed by atoms with E-state index in [2.05, 4.69) is 66.5 Å². The van der Waals surface area contributed by atoms with Crippen LogP contribution in [0.15, 0.2) is 42.7 Å². The molecule has 19 heavy (non-hydrogen) atoms. The van der Waals surface area contributed by atoms with Crippen molar-refractivity contribution in [3.05, 3.63) is 48.3 Å². The SMILES string of the molecule is CCCCCCC1N(C)C=CN1Cc1ccccc1. The van der Waals surface area contributed by atoms with Gasteiger partial charge in [-0.3, -0.25) is 0 Å². The Morgan fingerprint density at radius 1 is 1.00 bits per heavy atom. The summed E-state index contributed by atoms with van der Waals surface area (Å²) in [4.78, 5) is 4.80. The fraction of sp³-hybridized carbons (Fsp3) is 0.529. The number of rotatable bonds is 7. The van der Waals surface area contributed by atoms with Crippen molar-refractivity contribution in [2.75, 3.05) is 7.05 Å². The normalized spacial score (nSPS) is 18.3. The van der Waals surface area contributed by atoms with Crippen LogP contribution in [-0.4, -0.2) is 23.0 Å². The van der Waals surface area contributed by atoms with Gasteiger partial charge in [0.2, 0.25) is 0 Å². The van der Waals surface area contributed by atoms with Crippen LogP contribution >= 0.6 is 0 Å². The molecule has 0 radical (unpaired) electrons. The van der Waals surface area contributed by atoms with Crippen molar-refractivity contribution in [2.24, 2.45) is 0 Å². The molecule has 1 atom stereocenters. The van der Waals surface area contributed by atoms with Gasteiger partial charge in [-0.15, -0.1) is 0 Å². The lowest BCUT2D eigenvalue weighted by Crippen LogP contribution is -2.36. The Morgan fingerprint density at radius 3 is 2.53 bits per heavy atom. The van der Waals surface area contributed by atoms with Crippen LogP contribution in [0.1, 0.15) is 44.6 Å². The Labute approximate surface area is 117 Å². The lowest BCUT2D eigenvalue weighted by atomic mass is 10.1. The average Bonchev–Trinajstić information content (AvgIpc) is 2.77. The van der Waals surface area contributed by atoms with Gasteiger partial charge in [0.25, 0.3) is 0 Å². The van der Waals surface area contributed by atoms with Crippen LogP contribution in [-0.2, 0) is 6.54 Å². The molecule has 0 N–H and O–H groups in total. The summed E-state index contributed by atoms with van der Waals surface area (Å²) in [7, 11) is 2.19. The maximum Gasteiger partial charge on any atom is 0.101 e. The quantitative estimate of drug-likeness (QED) is 0.676. The molecule has 1 aliphatic rings. The van der Waals surface area contributed by atoms with Crippen LogP contribution in [0.25, 0.3) is 0 Å². The monoisotopic (exact) mass is 258 g/mol. The van der Waals surface area contributed by atoms with Gasteiger partial charge in [0.05, 0.1) is 0 Å². The summed E-state index contributed by atoms with van der Waals surface area (Å²) < 4.78 is 0. The van der Waals surface area contributed by atoms with E-state index in [4.69, 9.17) is 0 Å². The zero-order valence-corrected chi connectivity index (χ0v) is 12.3. The fourth-order valence-electron chi connectivity index (χ4n) is 2.70. The lowest BCUT2D eigenvalue weighted by Gasteiger charge is -2.30. The minimum absolute atomic E-state index is 0.539. The summed E-state index contributed by atoms with van der Waals surface area (Å²) in [5, 5.41) is 0. The van der Waals surface area contributed by atoms with Crippen LogP contribution < -0.4 is 0 Å². The highest BCUT2D eigenvalue weighted by Crippen LogP contribution is 2.22. The molecule has 2 nitrogen and oxygen atoms in total. The Kier molecular flexibility index (Phi) is 5.31. The molecule has 0 amide bonds. The maximum absolute atomic E-state index is 2.46. The number of hydrogen-bond acceptors (Lipinski definition) is 2. The summed E-state index contributed by atoms with van der Waals surface area (Å²) in [5.41, 5.74) is 1.39. The third-order valence-electron chi connectivity index (χ3n) is 3.87. The highest BCUT2D eigenvalue weighted by atomic mass is 15.4. The third-order valence-corrected chi connectivity index (χ3v) is 3.87. The summed E-state index contributed by atoms with van der Waals surface area (Å²) in [5.74, 6) is 0. The Hall–Kier alpha value is -1.44. The summed E-state index contributed by atoms with van der Waals surface area (Å²) in [6, 6.07) is 10.7. The first-order chi connectivity index (χ1) is 9.31. The van der Waals surface area contributed by atoms with E-state index in [0.29, 0.717) is 6.17 Å². The van der Waals surface area contributed by atoms with E-state index in [1.807, 2.05) is 0 Å². The summed E-state index contributed by atoms with van der Waals surface area (Å²) in [6.45, 7) is 3.28. The number of benzene rings is 1. The molecule has 0 fully saturated rings. The summed E-state index contributed by atoms with van der Waals surface area (Å²) in [6.07, 6.45) is 11.6. The van der Waals surface area contributed by atoms with Crippen molar-refractivity contribution in [3.63, 3.8) is 0 Å². The van der Waals surface area contributed by atoms with Gasteiger partial charge in [-0.25, -0.2) is 0 Å². The van der Waals surface area contributed by atoms with Crippen LogP contribution in [0.5, 0.6) is 0 Å². The molecule has 0 aromatic heterocycles. The molecule has 1 aliphatic heterocycles. The second-order valence-electron chi connectivity index (χ2n) is 5.45. The minimum Gasteiger partial charge on any atom is -0.359 e. The molecule has 0 bridgehead atoms. The van der Waals surface area contributed by atoms with Gasteiger partial charge in [-0.1, -0.05) is 56.5 Å². The second-order valence-corrected chi connectivity index (χ2v) is 5.45. The zero-order valence-electron chi connectivity index (χ0n) is 12.3. The van der Waals surface area contributed by atoms with Crippen molar-refractivity contribution in [3.8, 4) is 0 Å². The molecule has 0 saturated carbocycles. The third kappa shape index (κ3) is 4.02. The second kappa shape index (κ2) is 7.22. The molecule has 2 heteroatoms. The fourth-order valence-corrected chi connectivity index (χ4v) is 2.70. The Balaban J connectivity index is 1.86. The lowest BCUT2D eigenvalue weighted by molar-refractivity contribution is 0.155. The van der Waals surface area contributed by atoms with Crippen molar-refractivity contribution in [1.29, 1.82) is 0 Å². The standard InChI is InChI=1S/C17H26N2/c1-3-4-5-9-12-17-18(2)13-14-19(17)15-16-10-7-6-8-11-16/h6-8,10-11,13-14,17H,3-5,9,12,15H2,1-2H3. The predicted molar refractivity (Wildman–Crippen MR) is 81.4 cm³/mol. The molecule has 2 rings (SSSR count). The predicted octanol–water partition coefficient (Wildman–Crippen LogP) is 4.20. The number of nitrogens with zero attached hydrogens (tertiary/aromatic N) is 2. The van der Waals surface area contributed by atoms with Gasteiger partial charge < -0.3 is 9.80 Å². The maximum atomic E-state index is 2.46. The largest absolute Gasteiger partial charge is 0.359 e. The molecular formula is C17H26N2. The van der Waals surface area contributed by atoms with Crippen LogP contribution in [0.3, 0.4) is 0 Å². The van der Waals surface area contributed by atoms with Gasteiger partial charge in [0.15, 0.2) is 0 Å². The first-order valence-corrected chi connectivity index (χ1v) is 7.51. The highest BCUT2D eigenvalue weighted by Gasteiger charge is 2.22. The molecular weight excluding hydrogens is 232 g/mol. The molecule has 0 spiro atoms. The highest BCUT2D eigenvalue weighted by molar-refractivity contribution is 5.15. The molecule has 1 aromatic carbocycles. The van der Waals surface area contributed by atoms with E-state index < -0.39 is 0 Å². The van der Waals surface area contributed by atoms with Gasteiger partial charge >= 0.3 is 0 Å². The van der Waals surface area contributed by atoms with Gasteiger partial charge in [-0.05, 0) is 18.4 Å². The zero-order chi connectivity index (χ0) is 13.5. The molecule has 104 valence electrons. The van der Waals surface area contributed by atoms with Crippen molar-refractivity contribution in [2.45, 2.75) is 51.7 Å². The molecule has 0 saturated heterocycles. The van der Waals surface area contributed by atoms with E-state index >= 15 is 0 Å². The Morgan fingerprint density at radius 2 is 1.79 bits per heavy atom. The first kappa shape index (κ1) is 14.0. The van der Waals surface area contributed by atoms with Crippen LogP contribution in [0.4, 0.5) is 0 Å². The summed E-state index contributed by atoms with van der Waals surface area (Å²) >= 11 is 0. The number of unbranched alkanes of at least 4 members (excludes halogenated alkanes) is 3. The molecule has 1 unspecified atom stereocenters. The average molecular weight is 258 g/mol. The van der Waals surface area contributed by atoms with Gasteiger partial charge in [0.1, 0.15) is 6.17 Å². The smallest absolute Gasteiger partial charge is 0.101 e. The Bertz CT molecular complexity index is 386. The van der Waals surface area contributed by atoms with E-state index in [0.717, 1.165) is 6.54 Å². The van der Waals surface area contributed by atoms with Crippen molar-refractivity contribution >= 4 is 0 Å². The van der Waals surface area contributed by atoms with Gasteiger partial charge in [-0.2, -0.15) is 0 Å². The van der Waals surface area contributed by atoms with Crippen molar-refractivity contribution in [1.82, 2.24) is 9.80 Å². The van der Waals surface area contributed by atoms with Crippen molar-refractivity contribution < 1.29 is 0 Å². The van der Waals surface area contributed by atoms with E-state index in [1.165, 1.54) is 37.7 Å². The van der Waals surface area contributed by atoms with Gasteiger partial charge in [0, 0.05) is 26.0 Å². The van der Waals surface area contributed by atoms with Crippen LogP contribution in [0, 0.1) is 0 Å². The molecule has 1 aromatic rings. The molecule has 0 aliphatic carbocycles.